The van der Waals surface area contributed by atoms with Crippen molar-refractivity contribution in [2.75, 3.05) is 0 Å². The van der Waals surface area contributed by atoms with Gasteiger partial charge in [0.1, 0.15) is 0 Å². The lowest BCUT2D eigenvalue weighted by atomic mass is 9.76. The Hall–Kier alpha value is -1.44. The molecule has 0 fully saturated rings. The number of aromatic nitrogens is 2. The maximum Gasteiger partial charge on any atom is 0.0498 e. The predicted octanol–water partition coefficient (Wildman–Crippen LogP) is 3.45. The molecule has 0 aliphatic carbocycles. The van der Waals surface area contributed by atoms with Gasteiger partial charge in [-0.25, -0.2) is 0 Å². The fourth-order valence-corrected chi connectivity index (χ4v) is 2.41. The Labute approximate surface area is 90.7 Å². The Bertz CT molecular complexity index is 344. The van der Waals surface area contributed by atoms with Gasteiger partial charge in [-0.15, -0.1) is 0 Å². The number of aromatic amines is 2. The monoisotopic (exact) mass is 202 g/mol. The van der Waals surface area contributed by atoms with E-state index in [0.717, 1.165) is 12.8 Å². The second-order valence-corrected chi connectivity index (χ2v) is 3.96. The molecule has 2 rings (SSSR count). The summed E-state index contributed by atoms with van der Waals surface area (Å²) in [4.78, 5) is 6.70. The molecule has 0 unspecified atom stereocenters. The minimum atomic E-state index is 0.118. The molecular weight excluding hydrogens is 184 g/mol. The Morgan fingerprint density at radius 1 is 0.933 bits per heavy atom. The molecule has 2 aromatic heterocycles. The van der Waals surface area contributed by atoms with Crippen LogP contribution >= 0.6 is 0 Å². The van der Waals surface area contributed by atoms with Gasteiger partial charge in [-0.1, -0.05) is 13.8 Å². The SMILES string of the molecule is CCC(CC)(c1ccc[nH]1)c1ccc[nH]1. The number of H-pyrrole nitrogens is 2. The maximum absolute atomic E-state index is 3.35. The Morgan fingerprint density at radius 2 is 1.40 bits per heavy atom. The van der Waals surface area contributed by atoms with E-state index in [1.165, 1.54) is 11.4 Å². The molecule has 0 saturated carbocycles. The number of nitrogens with one attached hydrogen (secondary N) is 2. The predicted molar refractivity (Wildman–Crippen MR) is 62.9 cm³/mol. The van der Waals surface area contributed by atoms with Crippen molar-refractivity contribution < 1.29 is 0 Å². The summed E-state index contributed by atoms with van der Waals surface area (Å²) in [6, 6.07) is 8.48. The third-order valence-electron chi connectivity index (χ3n) is 3.43. The number of hydrogen-bond acceptors (Lipinski definition) is 0. The van der Waals surface area contributed by atoms with Crippen molar-refractivity contribution in [3.63, 3.8) is 0 Å². The molecule has 0 amide bonds. The highest BCUT2D eigenvalue weighted by Gasteiger charge is 2.32. The summed E-state index contributed by atoms with van der Waals surface area (Å²) < 4.78 is 0. The smallest absolute Gasteiger partial charge is 0.0498 e. The summed E-state index contributed by atoms with van der Waals surface area (Å²) in [6.07, 6.45) is 6.20. The molecule has 0 spiro atoms. The van der Waals surface area contributed by atoms with Crippen molar-refractivity contribution in [3.8, 4) is 0 Å². The highest BCUT2D eigenvalue weighted by atomic mass is 14.8. The van der Waals surface area contributed by atoms with Gasteiger partial charge < -0.3 is 9.97 Å². The zero-order valence-electron chi connectivity index (χ0n) is 9.38. The molecule has 2 nitrogen and oxygen atoms in total. The van der Waals surface area contributed by atoms with E-state index in [2.05, 4.69) is 48.1 Å². The lowest BCUT2D eigenvalue weighted by Crippen LogP contribution is -2.26. The van der Waals surface area contributed by atoms with Crippen LogP contribution in [0.5, 0.6) is 0 Å². The van der Waals surface area contributed by atoms with Gasteiger partial charge in [-0.05, 0) is 37.1 Å². The molecule has 15 heavy (non-hydrogen) atoms. The molecular formula is C13H18N2. The van der Waals surface area contributed by atoms with Crippen LogP contribution in [0.2, 0.25) is 0 Å². The topological polar surface area (TPSA) is 31.6 Å². The molecule has 0 aliphatic rings. The van der Waals surface area contributed by atoms with Crippen molar-refractivity contribution in [1.29, 1.82) is 0 Å². The summed E-state index contributed by atoms with van der Waals surface area (Å²) in [5.74, 6) is 0. The molecule has 0 bridgehead atoms. The van der Waals surface area contributed by atoms with Crippen molar-refractivity contribution >= 4 is 0 Å². The molecule has 0 radical (unpaired) electrons. The van der Waals surface area contributed by atoms with Crippen molar-refractivity contribution in [1.82, 2.24) is 9.97 Å². The van der Waals surface area contributed by atoms with Crippen LogP contribution in [0, 0.1) is 0 Å². The highest BCUT2D eigenvalue weighted by molar-refractivity contribution is 5.31. The first-order valence-electron chi connectivity index (χ1n) is 5.61. The van der Waals surface area contributed by atoms with Gasteiger partial charge in [0.15, 0.2) is 0 Å². The van der Waals surface area contributed by atoms with E-state index in [9.17, 15) is 0 Å². The first-order valence-corrected chi connectivity index (χ1v) is 5.61. The minimum Gasteiger partial charge on any atom is -0.364 e. The molecule has 2 heteroatoms. The third kappa shape index (κ3) is 1.50. The van der Waals surface area contributed by atoms with E-state index < -0.39 is 0 Å². The van der Waals surface area contributed by atoms with Crippen LogP contribution in [-0.2, 0) is 5.41 Å². The average Bonchev–Trinajstić information content (AvgIpc) is 2.92. The van der Waals surface area contributed by atoms with E-state index in [1.54, 1.807) is 0 Å². The maximum atomic E-state index is 3.35. The summed E-state index contributed by atoms with van der Waals surface area (Å²) in [5.41, 5.74) is 2.72. The molecule has 0 saturated heterocycles. The Morgan fingerprint density at radius 3 is 1.67 bits per heavy atom. The van der Waals surface area contributed by atoms with E-state index in [4.69, 9.17) is 0 Å². The van der Waals surface area contributed by atoms with Crippen LogP contribution in [0.25, 0.3) is 0 Å². The molecule has 2 N–H and O–H groups in total. The molecule has 0 aromatic carbocycles. The van der Waals surface area contributed by atoms with E-state index in [-0.39, 0.29) is 5.41 Å². The third-order valence-corrected chi connectivity index (χ3v) is 3.43. The summed E-state index contributed by atoms with van der Waals surface area (Å²) in [5, 5.41) is 0. The van der Waals surface area contributed by atoms with Crippen LogP contribution in [0.4, 0.5) is 0 Å². The Kier molecular flexibility index (Phi) is 2.67. The van der Waals surface area contributed by atoms with E-state index >= 15 is 0 Å². The number of hydrogen-bond donors (Lipinski definition) is 2. The van der Waals surface area contributed by atoms with Crippen molar-refractivity contribution in [3.05, 3.63) is 48.0 Å². The van der Waals surface area contributed by atoms with Gasteiger partial charge in [-0.2, -0.15) is 0 Å². The van der Waals surface area contributed by atoms with Gasteiger partial charge >= 0.3 is 0 Å². The van der Waals surface area contributed by atoms with Crippen LogP contribution in [0.1, 0.15) is 38.1 Å². The number of rotatable bonds is 4. The van der Waals surface area contributed by atoms with Crippen LogP contribution in [-0.4, -0.2) is 9.97 Å². The Balaban J connectivity index is 2.50. The van der Waals surface area contributed by atoms with Crippen LogP contribution in [0.15, 0.2) is 36.7 Å². The molecule has 2 heterocycles. The normalized spacial score (nSPS) is 11.9. The van der Waals surface area contributed by atoms with Gasteiger partial charge in [0, 0.05) is 29.2 Å². The second-order valence-electron chi connectivity index (χ2n) is 3.96. The van der Waals surface area contributed by atoms with E-state index in [1.807, 2.05) is 12.4 Å². The van der Waals surface area contributed by atoms with Crippen LogP contribution in [0.3, 0.4) is 0 Å². The summed E-state index contributed by atoms with van der Waals surface area (Å²) >= 11 is 0. The largest absolute Gasteiger partial charge is 0.364 e. The summed E-state index contributed by atoms with van der Waals surface area (Å²) in [7, 11) is 0. The van der Waals surface area contributed by atoms with Crippen molar-refractivity contribution in [2.45, 2.75) is 32.1 Å². The van der Waals surface area contributed by atoms with E-state index in [0.29, 0.717) is 0 Å². The highest BCUT2D eigenvalue weighted by Crippen LogP contribution is 2.36. The minimum absolute atomic E-state index is 0.118. The zero-order chi connectivity index (χ0) is 10.7. The standard InChI is InChI=1S/C13H18N2/c1-3-13(4-2,11-7-5-9-14-11)12-8-6-10-15-12/h5-10,14-15H,3-4H2,1-2H3. The van der Waals surface area contributed by atoms with Crippen molar-refractivity contribution in [2.24, 2.45) is 0 Å². The van der Waals surface area contributed by atoms with Gasteiger partial charge in [-0.3, -0.25) is 0 Å². The second kappa shape index (κ2) is 3.97. The first-order chi connectivity index (χ1) is 7.33. The summed E-state index contributed by atoms with van der Waals surface area (Å²) in [6.45, 7) is 4.48. The average molecular weight is 202 g/mol. The zero-order valence-corrected chi connectivity index (χ0v) is 9.38. The molecule has 2 aromatic rings. The molecule has 80 valence electrons. The molecule has 0 atom stereocenters. The van der Waals surface area contributed by atoms with Gasteiger partial charge in [0.05, 0.1) is 0 Å². The first kappa shape index (κ1) is 10.1. The van der Waals surface area contributed by atoms with Gasteiger partial charge in [0.25, 0.3) is 0 Å². The lowest BCUT2D eigenvalue weighted by Gasteiger charge is -2.30. The quantitative estimate of drug-likeness (QED) is 0.761. The molecule has 0 aliphatic heterocycles. The van der Waals surface area contributed by atoms with Crippen LogP contribution < -0.4 is 0 Å². The fourth-order valence-electron chi connectivity index (χ4n) is 2.41. The lowest BCUT2D eigenvalue weighted by molar-refractivity contribution is 0.456. The van der Waals surface area contributed by atoms with Gasteiger partial charge in [0.2, 0.25) is 0 Å². The fraction of sp³-hybridized carbons (Fsp3) is 0.385.